The molecule has 2 aromatic rings. The Kier molecular flexibility index (Phi) is 11.3. The highest BCUT2D eigenvalue weighted by molar-refractivity contribution is 6.36. The molecule has 9 nitrogen and oxygen atoms in total. The zero-order chi connectivity index (χ0) is 32.8. The zero-order valence-electron chi connectivity index (χ0n) is 25.2. The summed E-state index contributed by atoms with van der Waals surface area (Å²) >= 11 is 0. The van der Waals surface area contributed by atoms with Crippen LogP contribution in [-0.2, 0) is 35.8 Å². The lowest BCUT2D eigenvalue weighted by molar-refractivity contribution is -0.145. The number of amides is 2. The summed E-state index contributed by atoms with van der Waals surface area (Å²) < 4.78 is 46.9. The van der Waals surface area contributed by atoms with E-state index in [1.807, 2.05) is 32.9 Å². The molecule has 3 rings (SSSR count). The van der Waals surface area contributed by atoms with Crippen LogP contribution in [0.25, 0.3) is 0 Å². The lowest BCUT2D eigenvalue weighted by Crippen LogP contribution is -2.49. The number of carboxylic acid groups (broad SMARTS) is 1. The minimum absolute atomic E-state index is 0.110. The van der Waals surface area contributed by atoms with Crippen LogP contribution in [0.15, 0.2) is 30.3 Å². The fourth-order valence-electron chi connectivity index (χ4n) is 5.15. The molecular weight excluding hydrogens is 581 g/mol. The highest BCUT2D eigenvalue weighted by Crippen LogP contribution is 2.28. The Balaban J connectivity index is 1.69. The normalized spacial score (nSPS) is 16.1. The van der Waals surface area contributed by atoms with Crippen LogP contribution in [0.1, 0.15) is 63.1 Å². The van der Waals surface area contributed by atoms with E-state index in [0.717, 1.165) is 11.1 Å². The van der Waals surface area contributed by atoms with Crippen molar-refractivity contribution in [2.24, 2.45) is 5.92 Å². The van der Waals surface area contributed by atoms with Crippen molar-refractivity contribution < 1.29 is 47.0 Å². The van der Waals surface area contributed by atoms with E-state index in [0.29, 0.717) is 25.3 Å². The lowest BCUT2D eigenvalue weighted by Gasteiger charge is -2.26. The number of Topliss-reactive ketones (excluding diaryl/α,β-unsaturated/α-hetero) is 2. The Morgan fingerprint density at radius 2 is 1.75 bits per heavy atom. The molecule has 12 heteroatoms. The summed E-state index contributed by atoms with van der Waals surface area (Å²) in [7, 11) is 0. The summed E-state index contributed by atoms with van der Waals surface area (Å²) in [6.07, 6.45) is 0.390. The number of rotatable bonds is 11. The SMILES string of the molecule is Cc1cc(F)c(F)c(OCC(=O)[C@H](CC(=O)O)NC(=O)[C@H]2CCCCN(C(=O)C(=O)Cc3ccccc3C(C)(C)C)C2)c1F. The Bertz CT molecular complexity index is 1410. The molecule has 2 aromatic carbocycles. The van der Waals surface area contributed by atoms with Crippen LogP contribution in [0.5, 0.6) is 5.75 Å². The van der Waals surface area contributed by atoms with Crippen molar-refractivity contribution in [3.05, 3.63) is 64.5 Å². The first-order valence-corrected chi connectivity index (χ1v) is 14.3. The molecule has 1 saturated heterocycles. The van der Waals surface area contributed by atoms with E-state index >= 15 is 0 Å². The van der Waals surface area contributed by atoms with E-state index in [1.165, 1.54) is 11.8 Å². The zero-order valence-corrected chi connectivity index (χ0v) is 25.2. The number of hydrogen-bond donors (Lipinski definition) is 2. The molecule has 0 spiro atoms. The third-order valence-corrected chi connectivity index (χ3v) is 7.48. The van der Waals surface area contributed by atoms with Crippen LogP contribution in [0.4, 0.5) is 13.2 Å². The predicted molar refractivity (Wildman–Crippen MR) is 154 cm³/mol. The van der Waals surface area contributed by atoms with Crippen LogP contribution < -0.4 is 10.1 Å². The number of aliphatic carboxylic acids is 1. The van der Waals surface area contributed by atoms with Gasteiger partial charge < -0.3 is 20.1 Å². The summed E-state index contributed by atoms with van der Waals surface area (Å²) in [6.45, 7) is 6.25. The summed E-state index contributed by atoms with van der Waals surface area (Å²) in [5, 5.41) is 11.7. The third kappa shape index (κ3) is 8.67. The number of aryl methyl sites for hydroxylation is 1. The van der Waals surface area contributed by atoms with Gasteiger partial charge in [0.25, 0.3) is 5.91 Å². The number of nitrogens with one attached hydrogen (secondary N) is 1. The molecule has 2 N–H and O–H groups in total. The topological polar surface area (TPSA) is 130 Å². The van der Waals surface area contributed by atoms with E-state index in [1.54, 1.807) is 12.1 Å². The summed E-state index contributed by atoms with van der Waals surface area (Å²) in [5.74, 6) is -10.8. The molecule has 0 saturated carbocycles. The van der Waals surface area contributed by atoms with Crippen LogP contribution in [-0.4, -0.2) is 65.1 Å². The van der Waals surface area contributed by atoms with Crippen LogP contribution in [0.3, 0.4) is 0 Å². The fraction of sp³-hybridized carbons (Fsp3) is 0.469. The molecule has 2 amide bonds. The predicted octanol–water partition coefficient (Wildman–Crippen LogP) is 4.06. The number of ketones is 2. The maximum Gasteiger partial charge on any atom is 0.305 e. The first kappa shape index (κ1) is 34.3. The maximum atomic E-state index is 14.3. The highest BCUT2D eigenvalue weighted by Gasteiger charge is 2.33. The second-order valence-electron chi connectivity index (χ2n) is 12.0. The van der Waals surface area contributed by atoms with E-state index in [4.69, 9.17) is 4.74 Å². The molecule has 1 heterocycles. The van der Waals surface area contributed by atoms with Crippen molar-refractivity contribution in [1.29, 1.82) is 0 Å². The number of likely N-dealkylation sites (tertiary alicyclic amines) is 1. The number of carboxylic acids is 1. The van der Waals surface area contributed by atoms with Crippen LogP contribution >= 0.6 is 0 Å². The molecule has 238 valence electrons. The Morgan fingerprint density at radius 1 is 1.07 bits per heavy atom. The highest BCUT2D eigenvalue weighted by atomic mass is 19.2. The Morgan fingerprint density at radius 3 is 2.41 bits per heavy atom. The van der Waals surface area contributed by atoms with Gasteiger partial charge in [-0.3, -0.25) is 24.0 Å². The average molecular weight is 619 g/mol. The number of hydrogen-bond acceptors (Lipinski definition) is 6. The largest absolute Gasteiger partial charge is 0.481 e. The van der Waals surface area contributed by atoms with Crippen molar-refractivity contribution in [2.45, 2.75) is 71.3 Å². The lowest BCUT2D eigenvalue weighted by atomic mass is 9.82. The van der Waals surface area contributed by atoms with Crippen LogP contribution in [0.2, 0.25) is 0 Å². The monoisotopic (exact) mass is 618 g/mol. The van der Waals surface area contributed by atoms with Crippen molar-refractivity contribution in [3.8, 4) is 5.75 Å². The van der Waals surface area contributed by atoms with Crippen molar-refractivity contribution in [1.82, 2.24) is 10.2 Å². The maximum absolute atomic E-state index is 14.3. The average Bonchev–Trinajstić information content (AvgIpc) is 3.21. The van der Waals surface area contributed by atoms with Gasteiger partial charge in [-0.1, -0.05) is 51.5 Å². The van der Waals surface area contributed by atoms with Crippen molar-refractivity contribution in [3.63, 3.8) is 0 Å². The van der Waals surface area contributed by atoms with Gasteiger partial charge in [0.05, 0.1) is 12.3 Å². The molecule has 0 aromatic heterocycles. The first-order valence-electron chi connectivity index (χ1n) is 14.3. The standard InChI is InChI=1S/C32H37F3N2O7/c1-18-13-22(33)28(35)29(27(18)34)44-17-25(39)23(15-26(40)41)36-30(42)20-10-7-8-12-37(16-20)31(43)24(38)14-19-9-5-6-11-21(19)32(2,3)4/h5-6,9,11,13,20,23H,7-8,10,12,14-17H2,1-4H3,(H,36,42)(H,40,41)/t20-,23-/m0/s1. The second kappa shape index (κ2) is 14.5. The van der Waals surface area contributed by atoms with E-state index < -0.39 is 77.5 Å². The van der Waals surface area contributed by atoms with Crippen molar-refractivity contribution in [2.75, 3.05) is 19.7 Å². The number of benzene rings is 2. The third-order valence-electron chi connectivity index (χ3n) is 7.48. The fourth-order valence-corrected chi connectivity index (χ4v) is 5.15. The van der Waals surface area contributed by atoms with Gasteiger partial charge in [0.15, 0.2) is 23.2 Å². The summed E-state index contributed by atoms with van der Waals surface area (Å²) in [4.78, 5) is 65.0. The summed E-state index contributed by atoms with van der Waals surface area (Å²) in [6, 6.07) is 6.34. The molecule has 1 fully saturated rings. The molecular formula is C32H37F3N2O7. The number of ether oxygens (including phenoxy) is 1. The molecule has 2 atom stereocenters. The van der Waals surface area contributed by atoms with Gasteiger partial charge in [-0.15, -0.1) is 0 Å². The van der Waals surface area contributed by atoms with Gasteiger partial charge in [0.1, 0.15) is 12.6 Å². The van der Waals surface area contributed by atoms with Gasteiger partial charge in [-0.25, -0.2) is 8.78 Å². The van der Waals surface area contributed by atoms with Gasteiger partial charge >= 0.3 is 5.97 Å². The first-order chi connectivity index (χ1) is 20.6. The minimum atomic E-state index is -1.65. The van der Waals surface area contributed by atoms with E-state index in [-0.39, 0.29) is 30.5 Å². The quantitative estimate of drug-likeness (QED) is 0.287. The molecule has 44 heavy (non-hydrogen) atoms. The Hall–Kier alpha value is -4.22. The number of halogens is 3. The van der Waals surface area contributed by atoms with Gasteiger partial charge in [-0.05, 0) is 47.9 Å². The van der Waals surface area contributed by atoms with E-state index in [2.05, 4.69) is 5.32 Å². The second-order valence-corrected chi connectivity index (χ2v) is 12.0. The molecule has 0 radical (unpaired) electrons. The number of carbonyl (C=O) groups is 5. The number of nitrogens with zero attached hydrogens (tertiary/aromatic N) is 1. The van der Waals surface area contributed by atoms with Crippen LogP contribution in [0, 0.1) is 30.3 Å². The molecule has 0 bridgehead atoms. The molecule has 0 aliphatic carbocycles. The smallest absolute Gasteiger partial charge is 0.305 e. The van der Waals surface area contributed by atoms with Gasteiger partial charge in [0, 0.05) is 19.5 Å². The van der Waals surface area contributed by atoms with Gasteiger partial charge in [-0.2, -0.15) is 4.39 Å². The van der Waals surface area contributed by atoms with E-state index in [9.17, 15) is 42.3 Å². The molecule has 1 aliphatic heterocycles. The molecule has 1 aliphatic rings. The minimum Gasteiger partial charge on any atom is -0.481 e. The summed E-state index contributed by atoms with van der Waals surface area (Å²) in [5.41, 5.74) is 1.14. The van der Waals surface area contributed by atoms with Crippen molar-refractivity contribution >= 4 is 29.4 Å². The Labute approximate surface area is 253 Å². The van der Waals surface area contributed by atoms with Gasteiger partial charge in [0.2, 0.25) is 17.5 Å². The number of carbonyl (C=O) groups excluding carboxylic acids is 4. The molecule has 0 unspecified atom stereocenters.